The second-order valence-corrected chi connectivity index (χ2v) is 3.21. The molecule has 1 aromatic carbocycles. The van der Waals surface area contributed by atoms with Gasteiger partial charge in [0.2, 0.25) is 0 Å². The van der Waals surface area contributed by atoms with Gasteiger partial charge in [-0.25, -0.2) is 4.39 Å². The molecular formula is C7H6FIO. The van der Waals surface area contributed by atoms with Crippen molar-refractivity contribution in [1.82, 2.24) is 0 Å². The Hall–Kier alpha value is -0.320. The topological polar surface area (TPSA) is 20.2 Å². The molecule has 0 aliphatic heterocycles. The average molecular weight is 252 g/mol. The van der Waals surface area contributed by atoms with Crippen molar-refractivity contribution in [1.29, 1.82) is 0 Å². The smallest absolute Gasteiger partial charge is 0.131 e. The minimum absolute atomic E-state index is 0.00343. The molecule has 1 rings (SSSR count). The van der Waals surface area contributed by atoms with E-state index in [1.165, 1.54) is 0 Å². The molecule has 0 saturated carbocycles. The number of benzene rings is 1. The van der Waals surface area contributed by atoms with E-state index in [1.807, 2.05) is 22.6 Å². The molecule has 0 fully saturated rings. The first-order chi connectivity index (χ1) is 4.61. The predicted octanol–water partition coefficient (Wildman–Crippen LogP) is 2.44. The number of phenols is 1. The molecule has 54 valence electrons. The lowest BCUT2D eigenvalue weighted by molar-refractivity contribution is 0.464. The third kappa shape index (κ3) is 1.39. The van der Waals surface area contributed by atoms with Crippen LogP contribution in [0.25, 0.3) is 0 Å². The number of aromatic hydroxyl groups is 1. The molecule has 0 atom stereocenters. The van der Waals surface area contributed by atoms with Crippen molar-refractivity contribution in [2.24, 2.45) is 0 Å². The summed E-state index contributed by atoms with van der Waals surface area (Å²) in [5.74, 6) is -0.360. The van der Waals surface area contributed by atoms with Crippen LogP contribution in [0, 0.1) is 16.3 Å². The van der Waals surface area contributed by atoms with Gasteiger partial charge in [-0.15, -0.1) is 0 Å². The van der Waals surface area contributed by atoms with Gasteiger partial charge >= 0.3 is 0 Å². The number of rotatable bonds is 0. The highest BCUT2D eigenvalue weighted by Crippen LogP contribution is 2.22. The van der Waals surface area contributed by atoms with Gasteiger partial charge < -0.3 is 5.11 Å². The van der Waals surface area contributed by atoms with Crippen molar-refractivity contribution >= 4 is 22.6 Å². The summed E-state index contributed by atoms with van der Waals surface area (Å²) >= 11 is 1.95. The first-order valence-corrected chi connectivity index (χ1v) is 3.84. The van der Waals surface area contributed by atoms with Gasteiger partial charge in [0.1, 0.15) is 11.6 Å². The minimum Gasteiger partial charge on any atom is -0.507 e. The van der Waals surface area contributed by atoms with Crippen LogP contribution in [0.2, 0.25) is 0 Å². The van der Waals surface area contributed by atoms with E-state index in [9.17, 15) is 4.39 Å². The highest BCUT2D eigenvalue weighted by Gasteiger charge is 2.02. The van der Waals surface area contributed by atoms with Crippen molar-refractivity contribution < 1.29 is 9.50 Å². The highest BCUT2D eigenvalue weighted by molar-refractivity contribution is 14.1. The molecule has 0 amide bonds. The Labute approximate surface area is 72.0 Å². The quantitative estimate of drug-likeness (QED) is 0.703. The van der Waals surface area contributed by atoms with Crippen molar-refractivity contribution in [3.05, 3.63) is 27.1 Å². The van der Waals surface area contributed by atoms with Crippen LogP contribution >= 0.6 is 22.6 Å². The van der Waals surface area contributed by atoms with Crippen LogP contribution in [0.5, 0.6) is 5.75 Å². The zero-order chi connectivity index (χ0) is 7.72. The van der Waals surface area contributed by atoms with Gasteiger partial charge in [0.25, 0.3) is 0 Å². The van der Waals surface area contributed by atoms with Gasteiger partial charge in [-0.3, -0.25) is 0 Å². The Balaban J connectivity index is 3.28. The number of halogens is 2. The summed E-state index contributed by atoms with van der Waals surface area (Å²) in [6.45, 7) is 1.66. The molecule has 1 N–H and O–H groups in total. The van der Waals surface area contributed by atoms with Gasteiger partial charge in [-0.05, 0) is 41.1 Å². The molecular weight excluding hydrogens is 246 g/mol. The SMILES string of the molecule is Cc1cc(I)c(O)cc1F. The second-order valence-electron chi connectivity index (χ2n) is 2.05. The van der Waals surface area contributed by atoms with Crippen LogP contribution in [-0.4, -0.2) is 5.11 Å². The summed E-state index contributed by atoms with van der Waals surface area (Å²) in [4.78, 5) is 0. The third-order valence-corrected chi connectivity index (χ3v) is 2.09. The molecule has 0 saturated heterocycles. The van der Waals surface area contributed by atoms with E-state index in [1.54, 1.807) is 13.0 Å². The first kappa shape index (κ1) is 7.78. The fourth-order valence-electron chi connectivity index (χ4n) is 0.636. The number of aryl methyl sites for hydroxylation is 1. The van der Waals surface area contributed by atoms with Crippen LogP contribution in [-0.2, 0) is 0 Å². The van der Waals surface area contributed by atoms with Gasteiger partial charge in [0.15, 0.2) is 0 Å². The zero-order valence-corrected chi connectivity index (χ0v) is 7.52. The maximum Gasteiger partial charge on any atom is 0.131 e. The van der Waals surface area contributed by atoms with Gasteiger partial charge in [0, 0.05) is 6.07 Å². The molecule has 0 radical (unpaired) electrons. The number of hydrogen-bond donors (Lipinski definition) is 1. The Morgan fingerprint density at radius 3 is 2.60 bits per heavy atom. The summed E-state index contributed by atoms with van der Waals surface area (Å²) in [5.41, 5.74) is 0.558. The van der Waals surface area contributed by atoms with Crippen LogP contribution in [0.1, 0.15) is 5.56 Å². The lowest BCUT2D eigenvalue weighted by Gasteiger charge is -1.98. The maximum absolute atomic E-state index is 12.6. The van der Waals surface area contributed by atoms with Gasteiger partial charge in [0.05, 0.1) is 3.57 Å². The fraction of sp³-hybridized carbons (Fsp3) is 0.143. The molecule has 0 heterocycles. The van der Waals surface area contributed by atoms with Crippen molar-refractivity contribution in [3.63, 3.8) is 0 Å². The molecule has 1 aromatic rings. The van der Waals surface area contributed by atoms with Crippen LogP contribution in [0.3, 0.4) is 0 Å². The summed E-state index contributed by atoms with van der Waals surface area (Å²) < 4.78 is 13.3. The standard InChI is InChI=1S/C7H6FIO/c1-4-2-6(9)7(10)3-5(4)8/h2-3,10H,1H3. The van der Waals surface area contributed by atoms with E-state index in [-0.39, 0.29) is 11.6 Å². The van der Waals surface area contributed by atoms with Crippen LogP contribution < -0.4 is 0 Å². The van der Waals surface area contributed by atoms with E-state index in [4.69, 9.17) is 5.11 Å². The zero-order valence-electron chi connectivity index (χ0n) is 5.36. The summed E-state index contributed by atoms with van der Waals surface area (Å²) in [6.07, 6.45) is 0. The third-order valence-electron chi connectivity index (χ3n) is 1.23. The highest BCUT2D eigenvalue weighted by atomic mass is 127. The Bertz CT molecular complexity index is 210. The molecule has 0 bridgehead atoms. The van der Waals surface area contributed by atoms with Crippen molar-refractivity contribution in [3.8, 4) is 5.75 Å². The largest absolute Gasteiger partial charge is 0.507 e. The Kier molecular flexibility index (Phi) is 2.13. The molecule has 10 heavy (non-hydrogen) atoms. The molecule has 0 aliphatic carbocycles. The molecule has 0 spiro atoms. The summed E-state index contributed by atoms with van der Waals surface area (Å²) in [7, 11) is 0. The lowest BCUT2D eigenvalue weighted by Crippen LogP contribution is -1.83. The fourth-order valence-corrected chi connectivity index (χ4v) is 1.26. The predicted molar refractivity (Wildman–Crippen MR) is 45.5 cm³/mol. The van der Waals surface area contributed by atoms with E-state index in [0.717, 1.165) is 6.07 Å². The maximum atomic E-state index is 12.6. The minimum atomic E-state index is -0.363. The van der Waals surface area contributed by atoms with Gasteiger partial charge in [-0.1, -0.05) is 0 Å². The number of phenolic OH excluding ortho intramolecular Hbond substituents is 1. The van der Waals surface area contributed by atoms with E-state index in [2.05, 4.69) is 0 Å². The average Bonchev–Trinajstić information content (AvgIpc) is 1.84. The van der Waals surface area contributed by atoms with Gasteiger partial charge in [-0.2, -0.15) is 0 Å². The Morgan fingerprint density at radius 1 is 1.50 bits per heavy atom. The van der Waals surface area contributed by atoms with E-state index >= 15 is 0 Å². The van der Waals surface area contributed by atoms with E-state index < -0.39 is 0 Å². The first-order valence-electron chi connectivity index (χ1n) is 2.76. The lowest BCUT2D eigenvalue weighted by atomic mass is 10.2. The molecule has 3 heteroatoms. The van der Waals surface area contributed by atoms with Crippen LogP contribution in [0.15, 0.2) is 12.1 Å². The molecule has 1 nitrogen and oxygen atoms in total. The van der Waals surface area contributed by atoms with Crippen LogP contribution in [0.4, 0.5) is 4.39 Å². The molecule has 0 aliphatic rings. The normalized spacial score (nSPS) is 9.90. The van der Waals surface area contributed by atoms with E-state index in [0.29, 0.717) is 9.13 Å². The summed E-state index contributed by atoms with van der Waals surface area (Å²) in [6, 6.07) is 2.72. The van der Waals surface area contributed by atoms with Crippen molar-refractivity contribution in [2.75, 3.05) is 0 Å². The molecule has 0 unspecified atom stereocenters. The second kappa shape index (κ2) is 2.74. The monoisotopic (exact) mass is 252 g/mol. The number of hydrogen-bond acceptors (Lipinski definition) is 1. The molecule has 0 aromatic heterocycles. The van der Waals surface area contributed by atoms with Crippen molar-refractivity contribution in [2.45, 2.75) is 6.92 Å². The summed E-state index contributed by atoms with van der Waals surface area (Å²) in [5, 5.41) is 8.98. The Morgan fingerprint density at radius 2 is 2.10 bits per heavy atom.